The fraction of sp³-hybridized carbons (Fsp3) is 0.125. The quantitative estimate of drug-likeness (QED) is 0.552. The second kappa shape index (κ2) is 34.5. The van der Waals surface area contributed by atoms with Crippen LogP contribution < -0.4 is 0 Å². The van der Waals surface area contributed by atoms with Crippen molar-refractivity contribution in [2.75, 3.05) is 0 Å². The maximum atomic E-state index is 8.00. The molecule has 0 bridgehead atoms. The van der Waals surface area contributed by atoms with Crippen molar-refractivity contribution in [3.05, 3.63) is 31.7 Å². The van der Waals surface area contributed by atoms with Crippen LogP contribution in [0.15, 0.2) is 18.2 Å². The fourth-order valence-electron chi connectivity index (χ4n) is 0.340. The number of carbonyl (C=O) groups excluding carboxylic acids is 2. The van der Waals surface area contributed by atoms with E-state index < -0.39 is 0 Å². The summed E-state index contributed by atoms with van der Waals surface area (Å²) in [5.74, 6) is 0. The van der Waals surface area contributed by atoms with Crippen LogP contribution in [-0.2, 0) is 26.4 Å². The Morgan fingerprint density at radius 2 is 1.64 bits per heavy atom. The van der Waals surface area contributed by atoms with E-state index in [4.69, 9.17) is 9.59 Å². The van der Waals surface area contributed by atoms with Crippen LogP contribution in [0.5, 0.6) is 0 Å². The first-order valence-electron chi connectivity index (χ1n) is 2.29. The average Bonchev–Trinajstić information content (AvgIpc) is 2.51. The molecule has 0 fully saturated rings. The number of hydrogen-bond donors (Lipinski definition) is 0. The molecular weight excluding hydrogens is 187 g/mol. The zero-order valence-corrected chi connectivity index (χ0v) is 7.54. The molecule has 0 aliphatic heterocycles. The molecule has 0 heterocycles. The number of allylic oxidation sites excluding steroid dienone is 4. The largest absolute Gasteiger partial charge is 2.00 e. The topological polar surface area (TPSA) is 34.1 Å². The summed E-state index contributed by atoms with van der Waals surface area (Å²) in [6.07, 6.45) is 10.0. The number of rotatable bonds is 0. The minimum atomic E-state index is 0. The molecule has 1 aliphatic rings. The Kier molecular flexibility index (Phi) is 70.5. The van der Waals surface area contributed by atoms with E-state index in [0.29, 0.717) is 0 Å². The molecule has 0 atom stereocenters. The second-order valence-corrected chi connectivity index (χ2v) is 1.00. The van der Waals surface area contributed by atoms with E-state index in [2.05, 4.69) is 12.2 Å². The van der Waals surface area contributed by atoms with Gasteiger partial charge >= 0.3 is 16.8 Å². The summed E-state index contributed by atoms with van der Waals surface area (Å²) in [4.78, 5) is 16.0. The van der Waals surface area contributed by atoms with E-state index in [-0.39, 0.29) is 24.2 Å². The molecule has 3 heteroatoms. The molecule has 0 amide bonds. The van der Waals surface area contributed by atoms with E-state index in [1.807, 2.05) is 25.7 Å². The van der Waals surface area contributed by atoms with Crippen LogP contribution in [0.25, 0.3) is 0 Å². The van der Waals surface area contributed by atoms with Crippen LogP contribution in [0.4, 0.5) is 0 Å². The van der Waals surface area contributed by atoms with Crippen LogP contribution >= 0.6 is 0 Å². The molecule has 1 radical (unpaired) electrons. The monoisotopic (exact) mass is 199 g/mol. The molecule has 0 aromatic heterocycles. The van der Waals surface area contributed by atoms with Gasteiger partial charge in [-0.25, -0.2) is 12.2 Å². The van der Waals surface area contributed by atoms with Gasteiger partial charge in [-0.3, -0.25) is 6.08 Å². The van der Waals surface area contributed by atoms with Crippen LogP contribution in [0.1, 0.15) is 6.42 Å². The van der Waals surface area contributed by atoms with Crippen molar-refractivity contribution in [3.63, 3.8) is 0 Å². The minimum absolute atomic E-state index is 0. The van der Waals surface area contributed by atoms with Crippen molar-refractivity contribution in [1.29, 1.82) is 0 Å². The van der Waals surface area contributed by atoms with Crippen molar-refractivity contribution in [2.24, 2.45) is 0 Å². The molecule has 1 rings (SSSR count). The maximum absolute atomic E-state index is 8.00. The first-order chi connectivity index (χ1) is 4.50. The Morgan fingerprint density at radius 3 is 1.73 bits per heavy atom. The van der Waals surface area contributed by atoms with Crippen LogP contribution in [0.2, 0.25) is 0 Å². The SMILES string of the molecule is C=O.C=O.[C-]1=CC=CC1.[CH3-].[Co+2]. The Bertz CT molecular complexity index is 88.3. The summed E-state index contributed by atoms with van der Waals surface area (Å²) >= 11 is 0. The molecule has 65 valence electrons. The first-order valence-corrected chi connectivity index (χ1v) is 2.29. The first kappa shape index (κ1) is 22.4. The molecule has 0 aromatic carbocycles. The standard InChI is InChI=1S/C5H5.2CH2O.CH3.Co/c1-2-4-5-3-1;2*1-2;;/h1-3H,4H2;2*1H2;1H3;/q-1;;;-1;+2. The normalized spacial score (nSPS) is 8.73. The average molecular weight is 199 g/mol. The Hall–Kier alpha value is -0.674. The van der Waals surface area contributed by atoms with Gasteiger partial charge < -0.3 is 17.0 Å². The van der Waals surface area contributed by atoms with Gasteiger partial charge in [0.2, 0.25) is 0 Å². The van der Waals surface area contributed by atoms with Gasteiger partial charge in [-0.2, -0.15) is 6.08 Å². The van der Waals surface area contributed by atoms with Crippen LogP contribution in [-0.4, -0.2) is 13.6 Å². The third-order valence-electron chi connectivity index (χ3n) is 0.586. The smallest absolute Gasteiger partial charge is 0.358 e. The predicted octanol–water partition coefficient (Wildman–Crippen LogP) is 1.38. The van der Waals surface area contributed by atoms with E-state index in [1.165, 1.54) is 0 Å². The summed E-state index contributed by atoms with van der Waals surface area (Å²) < 4.78 is 0. The third kappa shape index (κ3) is 26.7. The number of hydrogen-bond acceptors (Lipinski definition) is 2. The molecule has 0 N–H and O–H groups in total. The molecule has 2 nitrogen and oxygen atoms in total. The summed E-state index contributed by atoms with van der Waals surface area (Å²) in [5, 5.41) is 0. The van der Waals surface area contributed by atoms with Gasteiger partial charge in [-0.15, -0.1) is 6.42 Å². The van der Waals surface area contributed by atoms with Crippen molar-refractivity contribution >= 4 is 13.6 Å². The van der Waals surface area contributed by atoms with Gasteiger partial charge in [0.15, 0.2) is 0 Å². The Balaban J connectivity index is -0.0000000369. The molecular formula is C8H12CoO2. The van der Waals surface area contributed by atoms with Gasteiger partial charge in [0.05, 0.1) is 0 Å². The fourth-order valence-corrected chi connectivity index (χ4v) is 0.340. The zero-order valence-electron chi connectivity index (χ0n) is 6.50. The van der Waals surface area contributed by atoms with Gasteiger partial charge in [0, 0.05) is 0 Å². The van der Waals surface area contributed by atoms with E-state index in [0.717, 1.165) is 6.42 Å². The van der Waals surface area contributed by atoms with E-state index >= 15 is 0 Å². The minimum Gasteiger partial charge on any atom is -0.358 e. The molecule has 0 unspecified atom stereocenters. The zero-order chi connectivity index (χ0) is 7.54. The van der Waals surface area contributed by atoms with Gasteiger partial charge in [0.1, 0.15) is 13.6 Å². The Labute approximate surface area is 78.6 Å². The van der Waals surface area contributed by atoms with Crippen LogP contribution in [0.3, 0.4) is 0 Å². The van der Waals surface area contributed by atoms with Crippen LogP contribution in [0, 0.1) is 13.5 Å². The van der Waals surface area contributed by atoms with Crippen molar-refractivity contribution in [1.82, 2.24) is 0 Å². The molecule has 11 heavy (non-hydrogen) atoms. The molecule has 0 saturated heterocycles. The molecule has 1 aliphatic carbocycles. The molecule has 0 saturated carbocycles. The van der Waals surface area contributed by atoms with Crippen molar-refractivity contribution in [2.45, 2.75) is 6.42 Å². The van der Waals surface area contributed by atoms with Gasteiger partial charge in [0.25, 0.3) is 0 Å². The summed E-state index contributed by atoms with van der Waals surface area (Å²) in [6, 6.07) is 0. The predicted molar refractivity (Wildman–Crippen MR) is 42.2 cm³/mol. The van der Waals surface area contributed by atoms with Gasteiger partial charge in [-0.1, -0.05) is 0 Å². The van der Waals surface area contributed by atoms with E-state index in [1.54, 1.807) is 0 Å². The third-order valence-corrected chi connectivity index (χ3v) is 0.586. The Morgan fingerprint density at radius 1 is 1.18 bits per heavy atom. The van der Waals surface area contributed by atoms with Gasteiger partial charge in [-0.05, 0) is 0 Å². The maximum Gasteiger partial charge on any atom is 2.00 e. The van der Waals surface area contributed by atoms with E-state index in [9.17, 15) is 0 Å². The number of carbonyl (C=O) groups is 2. The molecule has 0 spiro atoms. The summed E-state index contributed by atoms with van der Waals surface area (Å²) in [7, 11) is 0. The van der Waals surface area contributed by atoms with Crippen molar-refractivity contribution in [3.8, 4) is 0 Å². The second-order valence-electron chi connectivity index (χ2n) is 1.00. The van der Waals surface area contributed by atoms with Crippen molar-refractivity contribution < 1.29 is 26.4 Å². The molecule has 0 aromatic rings. The summed E-state index contributed by atoms with van der Waals surface area (Å²) in [5.41, 5.74) is 0. The summed E-state index contributed by atoms with van der Waals surface area (Å²) in [6.45, 7) is 4.00.